The van der Waals surface area contributed by atoms with Crippen LogP contribution in [0.2, 0.25) is 0 Å². The first-order valence-corrected chi connectivity index (χ1v) is 5.30. The fraction of sp³-hybridized carbons (Fsp3) is 1.00. The zero-order valence-electron chi connectivity index (χ0n) is 6.38. The third-order valence-corrected chi connectivity index (χ3v) is 1.52. The maximum Gasteiger partial charge on any atom is 0.328 e. The zero-order valence-corrected chi connectivity index (χ0v) is 8.27. The Morgan fingerprint density at radius 2 is 2.08 bits per heavy atom. The van der Waals surface area contributed by atoms with E-state index in [1.54, 1.807) is 0 Å². The van der Waals surface area contributed by atoms with Gasteiger partial charge in [0.2, 0.25) is 0 Å². The Balaban J connectivity index is 3.33. The fourth-order valence-electron chi connectivity index (χ4n) is 0.353. The Kier molecular flexibility index (Phi) is 7.13. The fourth-order valence-corrected chi connectivity index (χ4v) is 0.984. The molecule has 0 spiro atoms. The molecule has 0 saturated heterocycles. The molecule has 0 aromatic carbocycles. The zero-order chi connectivity index (χ0) is 9.56. The minimum absolute atomic E-state index is 0.0755. The second kappa shape index (κ2) is 6.88. The van der Waals surface area contributed by atoms with Crippen molar-refractivity contribution in [3.63, 3.8) is 0 Å². The lowest BCUT2D eigenvalue weighted by atomic mass is 10.9. The lowest BCUT2D eigenvalue weighted by Crippen LogP contribution is -2.22. The molecule has 0 fully saturated rings. The van der Waals surface area contributed by atoms with Crippen molar-refractivity contribution in [1.29, 1.82) is 0 Å². The second-order valence-electron chi connectivity index (χ2n) is 1.91. The number of hydrogen-bond acceptors (Lipinski definition) is 6. The highest BCUT2D eigenvalue weighted by molar-refractivity contribution is 7.39. The molecule has 0 saturated carbocycles. The van der Waals surface area contributed by atoms with Crippen molar-refractivity contribution in [2.75, 3.05) is 20.5 Å². The van der Waals surface area contributed by atoms with Crippen LogP contribution in [0.4, 0.5) is 0 Å². The summed E-state index contributed by atoms with van der Waals surface area (Å²) in [5.41, 5.74) is 0. The smallest absolute Gasteiger partial charge is 0.328 e. The van der Waals surface area contributed by atoms with E-state index in [2.05, 4.69) is 9.05 Å². The van der Waals surface area contributed by atoms with Crippen LogP contribution in [-0.2, 0) is 13.6 Å². The maximum absolute atomic E-state index is 10.0. The van der Waals surface area contributed by atoms with Gasteiger partial charge in [0.15, 0.2) is 0 Å². The summed E-state index contributed by atoms with van der Waals surface area (Å²) >= 11 is 0. The molecule has 74 valence electrons. The third kappa shape index (κ3) is 8.52. The molecule has 0 bridgehead atoms. The van der Waals surface area contributed by atoms with Crippen LogP contribution in [0.5, 0.6) is 0 Å². The molecule has 0 amide bonds. The standard InChI is InChI=1S/C3H11NO6P2/c1-4(2-9-11(5)6)3-10-12(7)8/h5-6,12H,2-3H2,1H3,(H,7,8). The van der Waals surface area contributed by atoms with Crippen LogP contribution in [-0.4, -0.2) is 40.1 Å². The van der Waals surface area contributed by atoms with Gasteiger partial charge >= 0.3 is 16.9 Å². The first-order chi connectivity index (χ1) is 5.52. The van der Waals surface area contributed by atoms with E-state index < -0.39 is 16.9 Å². The van der Waals surface area contributed by atoms with Crippen LogP contribution in [0.25, 0.3) is 0 Å². The summed E-state index contributed by atoms with van der Waals surface area (Å²) in [6, 6.07) is 0. The van der Waals surface area contributed by atoms with E-state index >= 15 is 0 Å². The highest BCUT2D eigenvalue weighted by atomic mass is 31.2. The average Bonchev–Trinajstić information content (AvgIpc) is 1.96. The summed E-state index contributed by atoms with van der Waals surface area (Å²) in [5, 5.41) is 0. The van der Waals surface area contributed by atoms with Gasteiger partial charge in [-0.1, -0.05) is 0 Å². The molecule has 3 N–H and O–H groups in total. The molecule has 1 unspecified atom stereocenters. The predicted octanol–water partition coefficient (Wildman–Crippen LogP) is -0.540. The molecule has 1 atom stereocenters. The lowest BCUT2D eigenvalue weighted by molar-refractivity contribution is 0.0675. The van der Waals surface area contributed by atoms with E-state index in [1.165, 1.54) is 11.9 Å². The highest BCUT2D eigenvalue weighted by Crippen LogP contribution is 2.24. The molecule has 0 aromatic heterocycles. The van der Waals surface area contributed by atoms with Crippen LogP contribution < -0.4 is 0 Å². The molecule has 0 heterocycles. The molecule has 7 nitrogen and oxygen atoms in total. The topological polar surface area (TPSA) is 99.5 Å². The molecule has 0 rings (SSSR count). The molecule has 0 aliphatic rings. The Morgan fingerprint density at radius 3 is 2.50 bits per heavy atom. The number of nitrogens with zero attached hydrogens (tertiary/aromatic N) is 1. The van der Waals surface area contributed by atoms with Crippen molar-refractivity contribution >= 4 is 16.9 Å². The van der Waals surface area contributed by atoms with Crippen molar-refractivity contribution in [3.8, 4) is 0 Å². The maximum atomic E-state index is 10.0. The van der Waals surface area contributed by atoms with Crippen molar-refractivity contribution in [1.82, 2.24) is 4.90 Å². The quantitative estimate of drug-likeness (QED) is 0.407. The van der Waals surface area contributed by atoms with Gasteiger partial charge in [0.05, 0.1) is 0 Å². The first-order valence-electron chi connectivity index (χ1n) is 2.87. The van der Waals surface area contributed by atoms with E-state index in [9.17, 15) is 4.57 Å². The van der Waals surface area contributed by atoms with Gasteiger partial charge < -0.3 is 14.7 Å². The molecular weight excluding hydrogens is 208 g/mol. The van der Waals surface area contributed by atoms with Crippen molar-refractivity contribution in [3.05, 3.63) is 0 Å². The Hall–Kier alpha value is 0.420. The van der Waals surface area contributed by atoms with Gasteiger partial charge in [-0.3, -0.25) is 18.5 Å². The van der Waals surface area contributed by atoms with Crippen molar-refractivity contribution in [2.24, 2.45) is 0 Å². The van der Waals surface area contributed by atoms with E-state index in [0.717, 1.165) is 0 Å². The van der Waals surface area contributed by atoms with Crippen LogP contribution in [0.3, 0.4) is 0 Å². The Labute approximate surface area is 71.5 Å². The minimum atomic E-state index is -2.93. The van der Waals surface area contributed by atoms with Gasteiger partial charge in [0, 0.05) is 0 Å². The summed E-state index contributed by atoms with van der Waals surface area (Å²) in [4.78, 5) is 26.2. The SMILES string of the molecule is CN(COP(O)O)CO[PH](=O)O. The summed E-state index contributed by atoms with van der Waals surface area (Å²) in [6.45, 7) is -0.175. The molecule has 0 aromatic rings. The van der Waals surface area contributed by atoms with E-state index in [0.29, 0.717) is 0 Å². The summed E-state index contributed by atoms with van der Waals surface area (Å²) in [6.07, 6.45) is 0. The molecule has 9 heteroatoms. The van der Waals surface area contributed by atoms with Crippen LogP contribution in [0.15, 0.2) is 0 Å². The second-order valence-corrected chi connectivity index (χ2v) is 3.49. The summed E-state index contributed by atoms with van der Waals surface area (Å²) < 4.78 is 18.8. The van der Waals surface area contributed by atoms with Crippen molar-refractivity contribution < 1.29 is 28.3 Å². The first kappa shape index (κ1) is 12.4. The van der Waals surface area contributed by atoms with E-state index in [-0.39, 0.29) is 13.5 Å². The number of hydrogen-bond donors (Lipinski definition) is 3. The lowest BCUT2D eigenvalue weighted by Gasteiger charge is -2.15. The Morgan fingerprint density at radius 1 is 1.50 bits per heavy atom. The number of rotatable bonds is 6. The minimum Gasteiger partial charge on any atom is -0.328 e. The summed E-state index contributed by atoms with van der Waals surface area (Å²) in [5.74, 6) is 0. The summed E-state index contributed by atoms with van der Waals surface area (Å²) in [7, 11) is -3.79. The molecule has 12 heavy (non-hydrogen) atoms. The van der Waals surface area contributed by atoms with Gasteiger partial charge in [-0.25, -0.2) is 0 Å². The predicted molar refractivity (Wildman–Crippen MR) is 42.2 cm³/mol. The monoisotopic (exact) mass is 219 g/mol. The van der Waals surface area contributed by atoms with Gasteiger partial charge in [0.25, 0.3) is 0 Å². The van der Waals surface area contributed by atoms with Crippen LogP contribution in [0.1, 0.15) is 0 Å². The van der Waals surface area contributed by atoms with Crippen LogP contribution >= 0.6 is 16.9 Å². The van der Waals surface area contributed by atoms with E-state index in [1.807, 2.05) is 0 Å². The third-order valence-electron chi connectivity index (χ3n) is 0.802. The highest BCUT2D eigenvalue weighted by Gasteiger charge is 2.03. The van der Waals surface area contributed by atoms with Gasteiger partial charge in [-0.05, 0) is 7.05 Å². The van der Waals surface area contributed by atoms with Gasteiger partial charge in [0.1, 0.15) is 13.5 Å². The molecule has 0 radical (unpaired) electrons. The molecule has 0 aliphatic carbocycles. The molecular formula is C3H11NO6P2. The average molecular weight is 219 g/mol. The van der Waals surface area contributed by atoms with Crippen molar-refractivity contribution in [2.45, 2.75) is 0 Å². The molecule has 0 aliphatic heterocycles. The van der Waals surface area contributed by atoms with Gasteiger partial charge in [-0.2, -0.15) is 0 Å². The normalized spacial score (nSPS) is 14.2. The van der Waals surface area contributed by atoms with Gasteiger partial charge in [-0.15, -0.1) is 0 Å². The van der Waals surface area contributed by atoms with Crippen LogP contribution in [0, 0.1) is 0 Å². The Bertz CT molecular complexity index is 143. The largest absolute Gasteiger partial charge is 0.328 e. The van der Waals surface area contributed by atoms with E-state index in [4.69, 9.17) is 14.7 Å².